The molecule has 0 aliphatic rings. The van der Waals surface area contributed by atoms with Gasteiger partial charge in [0.25, 0.3) is 0 Å². The molecule has 1 aromatic carbocycles. The summed E-state index contributed by atoms with van der Waals surface area (Å²) < 4.78 is 51.2. The van der Waals surface area contributed by atoms with E-state index in [0.29, 0.717) is 5.57 Å². The summed E-state index contributed by atoms with van der Waals surface area (Å²) in [5.41, 5.74) is -1.38. The molecule has 0 aliphatic heterocycles. The summed E-state index contributed by atoms with van der Waals surface area (Å²) in [6.07, 6.45) is -3.12. The van der Waals surface area contributed by atoms with Gasteiger partial charge in [0.15, 0.2) is 6.10 Å². The topological polar surface area (TPSA) is 35.5 Å². The lowest BCUT2D eigenvalue weighted by Gasteiger charge is -2.29. The van der Waals surface area contributed by atoms with Crippen LogP contribution in [0.5, 0.6) is 0 Å². The molecule has 0 N–H and O–H groups in total. The van der Waals surface area contributed by atoms with Crippen molar-refractivity contribution in [3.05, 3.63) is 53.6 Å². The van der Waals surface area contributed by atoms with Gasteiger partial charge in [0.1, 0.15) is 0 Å². The molecule has 152 valence electrons. The van der Waals surface area contributed by atoms with Crippen LogP contribution >= 0.6 is 0 Å². The Kier molecular flexibility index (Phi) is 9.51. The fraction of sp³-hybridized carbons (Fsp3) is 0.476. The van der Waals surface area contributed by atoms with Crippen molar-refractivity contribution in [1.29, 1.82) is 0 Å². The number of alkyl halides is 3. The molecule has 1 rings (SSSR count). The van der Waals surface area contributed by atoms with Gasteiger partial charge in [-0.25, -0.2) is 4.79 Å². The van der Waals surface area contributed by atoms with Crippen LogP contribution in [0.25, 0.3) is 5.57 Å². The molecule has 0 spiro atoms. The fourth-order valence-electron chi connectivity index (χ4n) is 2.42. The van der Waals surface area contributed by atoms with Crippen molar-refractivity contribution in [1.82, 2.24) is 0 Å². The minimum absolute atomic E-state index is 0.229. The van der Waals surface area contributed by atoms with E-state index in [1.54, 1.807) is 33.8 Å². The van der Waals surface area contributed by atoms with Gasteiger partial charge in [0, 0.05) is 5.56 Å². The van der Waals surface area contributed by atoms with E-state index < -0.39 is 29.4 Å². The van der Waals surface area contributed by atoms with E-state index in [1.807, 2.05) is 13.8 Å². The number of hydrogen-bond acceptors (Lipinski definition) is 3. The van der Waals surface area contributed by atoms with Crippen LogP contribution in [0.15, 0.2) is 36.9 Å². The highest BCUT2D eigenvalue weighted by atomic mass is 19.4. The number of allylic oxidation sites excluding steroid dienone is 3. The van der Waals surface area contributed by atoms with E-state index in [1.165, 1.54) is 18.2 Å². The maximum atomic E-state index is 13.6. The zero-order valence-electron chi connectivity index (χ0n) is 17.0. The van der Waals surface area contributed by atoms with Gasteiger partial charge in [-0.1, -0.05) is 44.7 Å². The summed E-state index contributed by atoms with van der Waals surface area (Å²) in [5.74, 6) is -0.896. The number of esters is 1. The molecular formula is C21H29F3O3. The first kappa shape index (κ1) is 24.9. The van der Waals surface area contributed by atoms with Crippen LogP contribution in [-0.2, 0) is 20.4 Å². The standard InChI is InChI=1S/C19H23F3O3.C2H6/c1-7-12(8-2)13-10-9-11-14(19(20,21)22)15(13)16(17(23)24-6)25-18(3,4)5;1-2/h7-11,16H,1H2,2-6H3;1-2H3/b12-8+;. The second-order valence-electron chi connectivity index (χ2n) is 6.35. The highest BCUT2D eigenvalue weighted by Crippen LogP contribution is 2.41. The zero-order valence-corrected chi connectivity index (χ0v) is 17.0. The number of carbonyl (C=O) groups excluding carboxylic acids is 1. The third kappa shape index (κ3) is 6.86. The summed E-state index contributed by atoms with van der Waals surface area (Å²) in [6.45, 7) is 14.3. The Labute approximate surface area is 159 Å². The van der Waals surface area contributed by atoms with Crippen LogP contribution in [0.4, 0.5) is 13.2 Å². The van der Waals surface area contributed by atoms with E-state index in [2.05, 4.69) is 6.58 Å². The number of carbonyl (C=O) groups is 1. The van der Waals surface area contributed by atoms with Crippen LogP contribution in [0.2, 0.25) is 0 Å². The molecule has 1 aromatic rings. The van der Waals surface area contributed by atoms with Gasteiger partial charge < -0.3 is 9.47 Å². The average Bonchev–Trinajstić information content (AvgIpc) is 2.60. The van der Waals surface area contributed by atoms with E-state index in [0.717, 1.165) is 13.2 Å². The van der Waals surface area contributed by atoms with Crippen molar-refractivity contribution in [2.24, 2.45) is 0 Å². The minimum atomic E-state index is -4.65. The first-order chi connectivity index (χ1) is 12.5. The van der Waals surface area contributed by atoms with Crippen molar-refractivity contribution in [2.45, 2.75) is 59.4 Å². The lowest BCUT2D eigenvalue weighted by atomic mass is 9.90. The highest BCUT2D eigenvalue weighted by Gasteiger charge is 2.40. The van der Waals surface area contributed by atoms with Gasteiger partial charge in [0.05, 0.1) is 18.3 Å². The first-order valence-corrected chi connectivity index (χ1v) is 8.71. The molecule has 27 heavy (non-hydrogen) atoms. The molecule has 3 nitrogen and oxygen atoms in total. The van der Waals surface area contributed by atoms with Gasteiger partial charge in [-0.05, 0) is 44.9 Å². The quantitative estimate of drug-likeness (QED) is 0.437. The van der Waals surface area contributed by atoms with Gasteiger partial charge >= 0.3 is 12.1 Å². The van der Waals surface area contributed by atoms with Crippen molar-refractivity contribution < 1.29 is 27.4 Å². The Bertz CT molecular complexity index is 668. The Morgan fingerprint density at radius 2 is 1.74 bits per heavy atom. The van der Waals surface area contributed by atoms with Crippen LogP contribution in [0.1, 0.15) is 64.3 Å². The van der Waals surface area contributed by atoms with E-state index in [9.17, 15) is 18.0 Å². The SMILES string of the molecule is C=C/C(=C\C)c1cccc(C(F)(F)F)c1C(OC(C)(C)C)C(=O)OC.CC. The van der Waals surface area contributed by atoms with E-state index >= 15 is 0 Å². The molecule has 6 heteroatoms. The first-order valence-electron chi connectivity index (χ1n) is 8.71. The summed E-state index contributed by atoms with van der Waals surface area (Å²) in [5, 5.41) is 0. The number of benzene rings is 1. The molecule has 0 aliphatic carbocycles. The third-order valence-corrected chi connectivity index (χ3v) is 3.40. The molecule has 0 radical (unpaired) electrons. The van der Waals surface area contributed by atoms with Crippen molar-refractivity contribution in [3.8, 4) is 0 Å². The Balaban J connectivity index is 0.00000326. The lowest BCUT2D eigenvalue weighted by molar-refractivity contribution is -0.166. The van der Waals surface area contributed by atoms with Gasteiger partial charge in [0.2, 0.25) is 0 Å². The minimum Gasteiger partial charge on any atom is -0.467 e. The van der Waals surface area contributed by atoms with E-state index in [4.69, 9.17) is 9.47 Å². The van der Waals surface area contributed by atoms with Crippen molar-refractivity contribution in [2.75, 3.05) is 7.11 Å². The molecule has 0 bridgehead atoms. The lowest BCUT2D eigenvalue weighted by Crippen LogP contribution is -2.30. The molecule has 0 amide bonds. The predicted molar refractivity (Wildman–Crippen MR) is 102 cm³/mol. The maximum absolute atomic E-state index is 13.6. The summed E-state index contributed by atoms with van der Waals surface area (Å²) in [4.78, 5) is 12.3. The number of rotatable bonds is 5. The second-order valence-corrected chi connectivity index (χ2v) is 6.35. The van der Waals surface area contributed by atoms with Crippen molar-refractivity contribution >= 4 is 11.5 Å². The number of ether oxygens (including phenoxy) is 2. The number of halogens is 3. The molecule has 0 saturated carbocycles. The summed E-state index contributed by atoms with van der Waals surface area (Å²) in [7, 11) is 1.11. The fourth-order valence-corrected chi connectivity index (χ4v) is 2.42. The highest BCUT2D eigenvalue weighted by molar-refractivity contribution is 5.83. The average molecular weight is 386 g/mol. The van der Waals surface area contributed by atoms with Gasteiger partial charge in [-0.2, -0.15) is 13.2 Å². The molecule has 0 saturated heterocycles. The van der Waals surface area contributed by atoms with Crippen LogP contribution in [0.3, 0.4) is 0 Å². The summed E-state index contributed by atoms with van der Waals surface area (Å²) >= 11 is 0. The monoisotopic (exact) mass is 386 g/mol. The van der Waals surface area contributed by atoms with Crippen LogP contribution in [0, 0.1) is 0 Å². The largest absolute Gasteiger partial charge is 0.467 e. The summed E-state index contributed by atoms with van der Waals surface area (Å²) in [6, 6.07) is 3.72. The smallest absolute Gasteiger partial charge is 0.416 e. The molecular weight excluding hydrogens is 357 g/mol. The Morgan fingerprint density at radius 1 is 1.19 bits per heavy atom. The molecule has 0 aromatic heterocycles. The predicted octanol–water partition coefficient (Wildman–Crippen LogP) is 6.35. The normalized spacial score (nSPS) is 13.3. The van der Waals surface area contributed by atoms with Crippen molar-refractivity contribution in [3.63, 3.8) is 0 Å². The van der Waals surface area contributed by atoms with Gasteiger partial charge in [-0.3, -0.25) is 0 Å². The molecule has 0 heterocycles. The van der Waals surface area contributed by atoms with E-state index in [-0.39, 0.29) is 11.1 Å². The number of hydrogen-bond donors (Lipinski definition) is 0. The van der Waals surface area contributed by atoms with Crippen LogP contribution < -0.4 is 0 Å². The van der Waals surface area contributed by atoms with Crippen LogP contribution in [-0.4, -0.2) is 18.7 Å². The molecule has 1 unspecified atom stereocenters. The Hall–Kier alpha value is -2.08. The third-order valence-electron chi connectivity index (χ3n) is 3.40. The number of methoxy groups -OCH3 is 1. The Morgan fingerprint density at radius 3 is 2.11 bits per heavy atom. The molecule has 1 atom stereocenters. The molecule has 0 fully saturated rings. The zero-order chi connectivity index (χ0) is 21.4. The maximum Gasteiger partial charge on any atom is 0.416 e. The second kappa shape index (κ2) is 10.3. The van der Waals surface area contributed by atoms with Gasteiger partial charge in [-0.15, -0.1) is 0 Å².